The van der Waals surface area contributed by atoms with Crippen molar-refractivity contribution in [2.75, 3.05) is 20.4 Å². The molecule has 164 valence electrons. The van der Waals surface area contributed by atoms with Crippen LogP contribution in [0.2, 0.25) is 0 Å². The summed E-state index contributed by atoms with van der Waals surface area (Å²) in [5.41, 5.74) is 2.67. The Balaban J connectivity index is 1.60. The molecule has 2 aliphatic rings. The van der Waals surface area contributed by atoms with E-state index in [0.29, 0.717) is 17.9 Å². The standard InChI is InChI=1S/C22H27N5O4/c1-14(2)23-22(29)26(4)12-21(28)27-18(11-16(24-27)17-6-5-9-25(17)3)15-7-8-19-20(10-15)31-13-30-19/h5-10,14,18H,11-13H2,1-4H3,(H,23,29)/t18-/m0/s1. The van der Waals surface area contributed by atoms with Gasteiger partial charge in [-0.05, 0) is 43.7 Å². The third kappa shape index (κ3) is 4.21. The van der Waals surface area contributed by atoms with Crippen LogP contribution in [0, 0.1) is 0 Å². The first-order valence-electron chi connectivity index (χ1n) is 10.3. The molecule has 3 heterocycles. The molecule has 1 N–H and O–H groups in total. The first-order valence-corrected chi connectivity index (χ1v) is 10.3. The lowest BCUT2D eigenvalue weighted by Gasteiger charge is -2.25. The molecule has 0 spiro atoms. The number of rotatable bonds is 5. The van der Waals surface area contributed by atoms with Gasteiger partial charge in [0.2, 0.25) is 6.79 Å². The molecule has 4 rings (SSSR count). The van der Waals surface area contributed by atoms with Gasteiger partial charge in [0, 0.05) is 32.8 Å². The minimum absolute atomic E-state index is 0.0137. The Kier molecular flexibility index (Phi) is 5.58. The number of nitrogens with one attached hydrogen (secondary N) is 1. The number of ether oxygens (including phenoxy) is 2. The number of hydrogen-bond acceptors (Lipinski definition) is 5. The Bertz CT molecular complexity index is 1030. The van der Waals surface area contributed by atoms with Crippen LogP contribution in [0.15, 0.2) is 41.6 Å². The molecule has 9 nitrogen and oxygen atoms in total. The maximum Gasteiger partial charge on any atom is 0.317 e. The second-order valence-electron chi connectivity index (χ2n) is 8.08. The fourth-order valence-electron chi connectivity index (χ4n) is 3.74. The molecule has 0 radical (unpaired) electrons. The third-order valence-corrected chi connectivity index (χ3v) is 5.32. The minimum atomic E-state index is -0.298. The van der Waals surface area contributed by atoms with Crippen LogP contribution in [-0.4, -0.2) is 58.6 Å². The maximum atomic E-state index is 13.2. The Morgan fingerprint density at radius 2 is 2.03 bits per heavy atom. The highest BCUT2D eigenvalue weighted by atomic mass is 16.7. The maximum absolute atomic E-state index is 13.2. The highest BCUT2D eigenvalue weighted by Gasteiger charge is 2.35. The Morgan fingerprint density at radius 3 is 2.74 bits per heavy atom. The lowest BCUT2D eigenvalue weighted by Crippen LogP contribution is -2.45. The topological polar surface area (TPSA) is 88.4 Å². The van der Waals surface area contributed by atoms with Crippen molar-refractivity contribution in [3.63, 3.8) is 0 Å². The van der Waals surface area contributed by atoms with Crippen molar-refractivity contribution in [3.05, 3.63) is 47.8 Å². The first-order chi connectivity index (χ1) is 14.8. The molecule has 0 unspecified atom stereocenters. The van der Waals surface area contributed by atoms with Crippen molar-refractivity contribution in [1.82, 2.24) is 19.8 Å². The zero-order valence-electron chi connectivity index (χ0n) is 18.2. The van der Waals surface area contributed by atoms with Crippen LogP contribution < -0.4 is 14.8 Å². The van der Waals surface area contributed by atoms with Crippen molar-refractivity contribution in [2.45, 2.75) is 32.4 Å². The van der Waals surface area contributed by atoms with E-state index < -0.39 is 0 Å². The summed E-state index contributed by atoms with van der Waals surface area (Å²) >= 11 is 0. The fourth-order valence-corrected chi connectivity index (χ4v) is 3.74. The number of carbonyl (C=O) groups is 2. The molecule has 9 heteroatoms. The number of fused-ring (bicyclic) bond motifs is 1. The van der Waals surface area contributed by atoms with Crippen LogP contribution in [0.4, 0.5) is 4.79 Å². The molecule has 0 saturated carbocycles. The van der Waals surface area contributed by atoms with Gasteiger partial charge in [0.15, 0.2) is 11.5 Å². The van der Waals surface area contributed by atoms with E-state index in [1.165, 1.54) is 9.91 Å². The summed E-state index contributed by atoms with van der Waals surface area (Å²) in [7, 11) is 3.55. The summed E-state index contributed by atoms with van der Waals surface area (Å²) in [6.07, 6.45) is 2.51. The number of amides is 3. The number of likely N-dealkylation sites (N-methyl/N-ethyl adjacent to an activating group) is 1. The fraction of sp³-hybridized carbons (Fsp3) is 0.409. The van der Waals surface area contributed by atoms with E-state index in [1.54, 1.807) is 7.05 Å². The van der Waals surface area contributed by atoms with Crippen molar-refractivity contribution in [2.24, 2.45) is 12.1 Å². The number of urea groups is 1. The van der Waals surface area contributed by atoms with Crippen LogP contribution in [-0.2, 0) is 11.8 Å². The summed E-state index contributed by atoms with van der Waals surface area (Å²) in [5.74, 6) is 1.09. The van der Waals surface area contributed by atoms with E-state index in [4.69, 9.17) is 9.47 Å². The molecule has 1 aromatic heterocycles. The van der Waals surface area contributed by atoms with Crippen LogP contribution >= 0.6 is 0 Å². The summed E-state index contributed by atoms with van der Waals surface area (Å²) in [6.45, 7) is 3.86. The van der Waals surface area contributed by atoms with Crippen molar-refractivity contribution in [1.29, 1.82) is 0 Å². The van der Waals surface area contributed by atoms with Gasteiger partial charge in [0.1, 0.15) is 6.54 Å². The van der Waals surface area contributed by atoms with E-state index in [0.717, 1.165) is 17.0 Å². The third-order valence-electron chi connectivity index (χ3n) is 5.32. The Hall–Kier alpha value is -3.49. The van der Waals surface area contributed by atoms with Gasteiger partial charge < -0.3 is 24.3 Å². The lowest BCUT2D eigenvalue weighted by molar-refractivity contribution is -0.133. The van der Waals surface area contributed by atoms with Crippen LogP contribution in [0.5, 0.6) is 11.5 Å². The molecule has 31 heavy (non-hydrogen) atoms. The lowest BCUT2D eigenvalue weighted by atomic mass is 10.00. The molecule has 0 fully saturated rings. The Morgan fingerprint density at radius 1 is 1.26 bits per heavy atom. The van der Waals surface area contributed by atoms with E-state index in [-0.39, 0.29) is 37.4 Å². The molecular weight excluding hydrogens is 398 g/mol. The summed E-state index contributed by atoms with van der Waals surface area (Å²) in [6, 6.07) is 8.99. The highest BCUT2D eigenvalue weighted by molar-refractivity contribution is 6.02. The van der Waals surface area contributed by atoms with Gasteiger partial charge in [-0.25, -0.2) is 9.80 Å². The molecule has 1 atom stereocenters. The SMILES string of the molecule is CC(C)NC(=O)N(C)CC(=O)N1N=C(c2cccn2C)C[C@H]1c1ccc2c(c1)OCO2. The number of carbonyl (C=O) groups excluding carboxylic acids is 2. The second-order valence-corrected chi connectivity index (χ2v) is 8.08. The average molecular weight is 425 g/mol. The molecule has 0 saturated heterocycles. The summed E-state index contributed by atoms with van der Waals surface area (Å²) < 4.78 is 12.9. The second kappa shape index (κ2) is 8.33. The zero-order valence-corrected chi connectivity index (χ0v) is 18.2. The van der Waals surface area contributed by atoms with Crippen LogP contribution in [0.1, 0.15) is 37.6 Å². The predicted molar refractivity (Wildman–Crippen MR) is 115 cm³/mol. The molecular formula is C22H27N5O4. The number of aromatic nitrogens is 1. The van der Waals surface area contributed by atoms with Crippen LogP contribution in [0.25, 0.3) is 0 Å². The van der Waals surface area contributed by atoms with E-state index in [2.05, 4.69) is 10.4 Å². The minimum Gasteiger partial charge on any atom is -0.454 e. The van der Waals surface area contributed by atoms with Gasteiger partial charge in [-0.3, -0.25) is 4.79 Å². The normalized spacial score (nSPS) is 17.1. The molecule has 1 aromatic carbocycles. The molecule has 3 amide bonds. The first kappa shape index (κ1) is 20.8. The van der Waals surface area contributed by atoms with Crippen LogP contribution in [0.3, 0.4) is 0 Å². The van der Waals surface area contributed by atoms with Crippen molar-refractivity contribution in [3.8, 4) is 11.5 Å². The van der Waals surface area contributed by atoms with Gasteiger partial charge in [-0.1, -0.05) is 6.07 Å². The number of hydrogen-bond donors (Lipinski definition) is 1. The van der Waals surface area contributed by atoms with Gasteiger partial charge in [-0.15, -0.1) is 0 Å². The van der Waals surface area contributed by atoms with Crippen molar-refractivity contribution < 1.29 is 19.1 Å². The van der Waals surface area contributed by atoms with Crippen molar-refractivity contribution >= 4 is 17.6 Å². The Labute approximate surface area is 181 Å². The van der Waals surface area contributed by atoms with E-state index in [1.807, 2.05) is 62.0 Å². The van der Waals surface area contributed by atoms with E-state index in [9.17, 15) is 9.59 Å². The number of aryl methyl sites for hydroxylation is 1. The van der Waals surface area contributed by atoms with Gasteiger partial charge in [0.25, 0.3) is 5.91 Å². The average Bonchev–Trinajstić information content (AvgIpc) is 3.45. The summed E-state index contributed by atoms with van der Waals surface area (Å²) in [5, 5.41) is 8.95. The molecule has 0 bridgehead atoms. The monoisotopic (exact) mass is 425 g/mol. The predicted octanol–water partition coefficient (Wildman–Crippen LogP) is 2.48. The van der Waals surface area contributed by atoms with E-state index >= 15 is 0 Å². The highest BCUT2D eigenvalue weighted by Crippen LogP contribution is 2.39. The molecule has 2 aliphatic heterocycles. The number of benzene rings is 1. The zero-order chi connectivity index (χ0) is 22.1. The number of hydrazone groups is 1. The largest absolute Gasteiger partial charge is 0.454 e. The van der Waals surface area contributed by atoms with Gasteiger partial charge in [-0.2, -0.15) is 5.10 Å². The van der Waals surface area contributed by atoms with Gasteiger partial charge >= 0.3 is 6.03 Å². The smallest absolute Gasteiger partial charge is 0.317 e. The quantitative estimate of drug-likeness (QED) is 0.797. The molecule has 2 aromatic rings. The molecule has 0 aliphatic carbocycles. The summed E-state index contributed by atoms with van der Waals surface area (Å²) in [4.78, 5) is 26.8. The van der Waals surface area contributed by atoms with Gasteiger partial charge in [0.05, 0.1) is 17.4 Å². The number of nitrogens with zero attached hydrogens (tertiary/aromatic N) is 4.